The summed E-state index contributed by atoms with van der Waals surface area (Å²) in [7, 11) is 5.15. The molecule has 2 fully saturated rings. The summed E-state index contributed by atoms with van der Waals surface area (Å²) in [5, 5.41) is 1.75. The molecule has 0 N–H and O–H groups in total. The second-order valence-electron chi connectivity index (χ2n) is 9.55. The fourth-order valence-electron chi connectivity index (χ4n) is 5.47. The van der Waals surface area contributed by atoms with Gasteiger partial charge in [0.15, 0.2) is 0 Å². The van der Waals surface area contributed by atoms with Crippen LogP contribution in [-0.2, 0) is 30.2 Å². The summed E-state index contributed by atoms with van der Waals surface area (Å²) in [6.07, 6.45) is 14.9. The molecule has 2 aliphatic carbocycles. The van der Waals surface area contributed by atoms with Crippen molar-refractivity contribution in [1.29, 1.82) is 0 Å². The first-order chi connectivity index (χ1) is 17.3. The number of hydrogen-bond donors (Lipinski definition) is 0. The van der Waals surface area contributed by atoms with Crippen LogP contribution in [0.2, 0.25) is 0 Å². The zero-order chi connectivity index (χ0) is 26.6. The van der Waals surface area contributed by atoms with Crippen molar-refractivity contribution in [3.05, 3.63) is 48.5 Å². The van der Waals surface area contributed by atoms with Gasteiger partial charge < -0.3 is 9.64 Å². The van der Waals surface area contributed by atoms with Crippen LogP contribution in [-0.4, -0.2) is 40.9 Å². The molecule has 0 unspecified atom stereocenters. The van der Waals surface area contributed by atoms with E-state index in [-0.39, 0.29) is 5.75 Å². The van der Waals surface area contributed by atoms with Gasteiger partial charge in [0.1, 0.15) is 5.30 Å². The molecular weight excluding hydrogens is 701 g/mol. The van der Waals surface area contributed by atoms with Crippen molar-refractivity contribution >= 4 is 38.3 Å². The molecule has 0 saturated heterocycles. The molecule has 4 nitrogen and oxygen atoms in total. The van der Waals surface area contributed by atoms with Crippen LogP contribution in [0.5, 0.6) is 5.75 Å². The first kappa shape index (κ1) is 31.6. The molecule has 2 aromatic rings. The van der Waals surface area contributed by atoms with E-state index in [0.717, 1.165) is 17.4 Å². The van der Waals surface area contributed by atoms with Gasteiger partial charge in [-0.25, -0.2) is 8.42 Å². The van der Waals surface area contributed by atoms with Crippen molar-refractivity contribution in [2.45, 2.75) is 80.4 Å². The van der Waals surface area contributed by atoms with E-state index in [4.69, 9.17) is 0 Å². The molecule has 2 aliphatic rings. The van der Waals surface area contributed by atoms with Crippen LogP contribution in [0, 0.1) is 6.07 Å². The van der Waals surface area contributed by atoms with E-state index < -0.39 is 23.0 Å². The Morgan fingerprint density at radius 3 is 1.94 bits per heavy atom. The summed E-state index contributed by atoms with van der Waals surface area (Å²) in [5.74, 6) is -0.0174. The molecular formula is C27H39AuClFNO3PS. The maximum absolute atomic E-state index is 12.4. The number of ether oxygens (including phenoxy) is 1. The molecule has 0 radical (unpaired) electrons. The molecule has 4 rings (SSSR count). The first-order valence-electron chi connectivity index (χ1n) is 12.6. The predicted molar refractivity (Wildman–Crippen MR) is 148 cm³/mol. The summed E-state index contributed by atoms with van der Waals surface area (Å²) in [6.45, 7) is 0. The van der Waals surface area contributed by atoms with Gasteiger partial charge in [-0.2, -0.15) is 18.2 Å². The Hall–Kier alpha value is -0.620. The molecule has 2 saturated carbocycles. The number of nitrogens with zero attached hydrogens (tertiary/aromatic N) is 1. The van der Waals surface area contributed by atoms with Crippen molar-refractivity contribution in [2.24, 2.45) is 0 Å². The molecule has 206 valence electrons. The monoisotopic (exact) mass is 739 g/mol. The first-order valence-corrected chi connectivity index (χ1v) is 18.3. The van der Waals surface area contributed by atoms with E-state index in [2.05, 4.69) is 63.3 Å². The number of para-hydroxylation sites is 1. The summed E-state index contributed by atoms with van der Waals surface area (Å²) >= 11 is 1.75. The quantitative estimate of drug-likeness (QED) is 0.137. The Kier molecular flexibility index (Phi) is 14.4. The van der Waals surface area contributed by atoms with Gasteiger partial charge in [-0.3, -0.25) is 0 Å². The van der Waals surface area contributed by atoms with Gasteiger partial charge in [0, 0.05) is 32.7 Å². The van der Waals surface area contributed by atoms with Crippen LogP contribution in [0.4, 0.5) is 9.57 Å². The number of rotatable bonds is 6. The van der Waals surface area contributed by atoms with E-state index in [0.29, 0.717) is 0 Å². The average molecular weight is 740 g/mol. The molecule has 2 aromatic carbocycles. The third-order valence-electron chi connectivity index (χ3n) is 7.06. The van der Waals surface area contributed by atoms with Crippen molar-refractivity contribution in [2.75, 3.05) is 26.1 Å². The number of hydrogen-bond acceptors (Lipinski definition) is 4. The van der Waals surface area contributed by atoms with Gasteiger partial charge in [0.05, 0.1) is 24.1 Å². The molecule has 9 heteroatoms. The van der Waals surface area contributed by atoms with Crippen LogP contribution >= 0.6 is 17.1 Å². The predicted octanol–water partition coefficient (Wildman–Crippen LogP) is 7.10. The Morgan fingerprint density at radius 1 is 0.972 bits per heavy atom. The summed E-state index contributed by atoms with van der Waals surface area (Å²) < 4.78 is 38.0. The van der Waals surface area contributed by atoms with Gasteiger partial charge in [0.25, 0.3) is 10.2 Å². The molecule has 0 amide bonds. The van der Waals surface area contributed by atoms with E-state index in [9.17, 15) is 12.3 Å². The third-order valence-corrected chi connectivity index (χ3v) is 11.9. The number of methoxy groups -OCH3 is 1. The van der Waals surface area contributed by atoms with Gasteiger partial charge in [0.2, 0.25) is 0 Å². The van der Waals surface area contributed by atoms with Crippen LogP contribution in [0.1, 0.15) is 64.2 Å². The Morgan fingerprint density at radius 2 is 1.50 bits per heavy atom. The van der Waals surface area contributed by atoms with Crippen molar-refractivity contribution in [3.8, 4) is 5.75 Å². The van der Waals surface area contributed by atoms with E-state index in [1.807, 2.05) is 0 Å². The van der Waals surface area contributed by atoms with E-state index in [1.165, 1.54) is 89.1 Å². The Balaban J connectivity index is 0.000000277. The SMILES string of the molecule is CN(C)c1ccccc1[PH+](C1CCCCC1)C1CCCCC1.COc1cc[c-]cc1S(=O)(=O)F.[Cl][Au]. The minimum atomic E-state index is -4.70. The van der Waals surface area contributed by atoms with E-state index >= 15 is 0 Å². The molecule has 36 heavy (non-hydrogen) atoms. The summed E-state index contributed by atoms with van der Waals surface area (Å²) in [6, 6.07) is 15.6. The summed E-state index contributed by atoms with van der Waals surface area (Å²) in [4.78, 5) is 1.86. The van der Waals surface area contributed by atoms with Crippen molar-refractivity contribution < 1.29 is 37.0 Å². The second-order valence-corrected chi connectivity index (χ2v) is 13.9. The Labute approximate surface area is 235 Å². The Bertz CT molecular complexity index is 998. The zero-order valence-corrected chi connectivity index (χ0v) is 26.1. The normalized spacial score (nSPS) is 16.9. The van der Waals surface area contributed by atoms with Gasteiger partial charge in [-0.1, -0.05) is 25.0 Å². The number of benzene rings is 2. The van der Waals surface area contributed by atoms with Crippen LogP contribution in [0.25, 0.3) is 0 Å². The van der Waals surface area contributed by atoms with Crippen LogP contribution < -0.4 is 14.9 Å². The second kappa shape index (κ2) is 16.4. The molecule has 0 aromatic heterocycles. The maximum atomic E-state index is 12.4. The molecule has 0 atom stereocenters. The van der Waals surface area contributed by atoms with E-state index in [1.54, 1.807) is 25.3 Å². The van der Waals surface area contributed by atoms with Crippen molar-refractivity contribution in [3.63, 3.8) is 0 Å². The van der Waals surface area contributed by atoms with Crippen LogP contribution in [0.15, 0.2) is 47.4 Å². The summed E-state index contributed by atoms with van der Waals surface area (Å²) in [5.41, 5.74) is 3.57. The fraction of sp³-hybridized carbons (Fsp3) is 0.556. The number of anilines is 1. The van der Waals surface area contributed by atoms with Crippen molar-refractivity contribution in [1.82, 2.24) is 0 Å². The third kappa shape index (κ3) is 9.29. The molecule has 0 bridgehead atoms. The van der Waals surface area contributed by atoms with Crippen LogP contribution in [0.3, 0.4) is 0 Å². The topological polar surface area (TPSA) is 46.6 Å². The average Bonchev–Trinajstić information content (AvgIpc) is 2.91. The van der Waals surface area contributed by atoms with Gasteiger partial charge in [-0.05, 0) is 63.5 Å². The molecule has 0 heterocycles. The minimum absolute atomic E-state index is 0.0174. The molecule has 0 aliphatic heterocycles. The fourth-order valence-corrected chi connectivity index (χ4v) is 10.6. The molecule has 0 spiro atoms. The zero-order valence-electron chi connectivity index (χ0n) is 21.4. The van der Waals surface area contributed by atoms with Gasteiger partial charge >= 0.3 is 29.2 Å². The number of halogens is 2. The van der Waals surface area contributed by atoms with Gasteiger partial charge in [-0.15, -0.1) is 9.95 Å². The standard InChI is InChI=1S/C20H32NP.C7H6FO3S.Au.ClH/c1-21(2)19-15-9-10-16-20(19)22(17-11-5-3-6-12-17)18-13-7-4-8-14-18;1-11-6-4-2-3-5-7(6)12(8,9)10;;/h9-10,15-18H,3-8,11-14H2,1-2H3;2,4-5H,1H3;;1H/q;-1;+1;.